The molecule has 0 N–H and O–H groups in total. The molecule has 1 aliphatic heterocycles. The predicted molar refractivity (Wildman–Crippen MR) is 109 cm³/mol. The van der Waals surface area contributed by atoms with Crippen molar-refractivity contribution in [2.24, 2.45) is 5.41 Å². The van der Waals surface area contributed by atoms with E-state index in [-0.39, 0.29) is 17.9 Å². The van der Waals surface area contributed by atoms with Crippen LogP contribution in [-0.2, 0) is 6.42 Å². The molecule has 1 amide bonds. The van der Waals surface area contributed by atoms with Crippen LogP contribution in [0.15, 0.2) is 55.1 Å². The fraction of sp³-hybridized carbons (Fsp3) is 0.261. The molecule has 3 aromatic rings. The normalized spacial score (nSPS) is 15.3. The molecule has 0 saturated carbocycles. The number of benzene rings is 1. The molecule has 1 saturated heterocycles. The Morgan fingerprint density at radius 1 is 1.06 bits per heavy atom. The van der Waals surface area contributed by atoms with Crippen molar-refractivity contribution >= 4 is 5.91 Å². The Balaban J connectivity index is 1.53. The third-order valence-corrected chi connectivity index (χ3v) is 5.68. The summed E-state index contributed by atoms with van der Waals surface area (Å²) in [5.74, 6) is -1.53. The zero-order chi connectivity index (χ0) is 21.8. The van der Waals surface area contributed by atoms with Crippen LogP contribution in [-0.4, -0.2) is 38.8 Å². The fourth-order valence-electron chi connectivity index (χ4n) is 3.89. The summed E-state index contributed by atoms with van der Waals surface area (Å²) in [6.07, 6.45) is 5.19. The highest BCUT2D eigenvalue weighted by Crippen LogP contribution is 2.36. The van der Waals surface area contributed by atoms with Gasteiger partial charge in [-0.1, -0.05) is 6.07 Å². The molecule has 0 spiro atoms. The molecule has 31 heavy (non-hydrogen) atoms. The summed E-state index contributed by atoms with van der Waals surface area (Å²) in [5.41, 5.74) is 0.398. The molecule has 0 atom stereocenters. The van der Waals surface area contributed by atoms with Crippen LogP contribution in [0.3, 0.4) is 0 Å². The number of hydrogen-bond acceptors (Lipinski definition) is 5. The summed E-state index contributed by atoms with van der Waals surface area (Å²) in [7, 11) is 0. The lowest BCUT2D eigenvalue weighted by molar-refractivity contribution is 0.0646. The molecule has 6 nitrogen and oxygen atoms in total. The third-order valence-electron chi connectivity index (χ3n) is 5.68. The number of likely N-dealkylation sites (tertiary alicyclic amines) is 1. The first-order valence-electron chi connectivity index (χ1n) is 9.88. The topological polar surface area (TPSA) is 82.8 Å². The zero-order valence-corrected chi connectivity index (χ0v) is 16.6. The van der Waals surface area contributed by atoms with Crippen LogP contribution in [0.1, 0.15) is 28.8 Å². The predicted octanol–water partition coefficient (Wildman–Crippen LogP) is 3.81. The third kappa shape index (κ3) is 4.12. The second-order valence-electron chi connectivity index (χ2n) is 7.56. The Hall–Kier alpha value is -3.73. The Bertz CT molecular complexity index is 1120. The van der Waals surface area contributed by atoms with Gasteiger partial charge >= 0.3 is 0 Å². The van der Waals surface area contributed by atoms with E-state index in [9.17, 15) is 18.8 Å². The number of halogens is 2. The van der Waals surface area contributed by atoms with Crippen molar-refractivity contribution in [2.75, 3.05) is 13.1 Å². The molecule has 1 aromatic carbocycles. The lowest BCUT2D eigenvalue weighted by Crippen LogP contribution is -2.44. The standard InChI is InChI=1S/C23H19F2N5O/c24-18-4-1-5-19(25)17(18)13-23(14-26)7-11-30(12-8-23)22(31)16-3-2-9-28-21(16)20-6-10-27-15-29-20/h1-6,9-10,15H,7-8,11-13H2. The van der Waals surface area contributed by atoms with Crippen molar-refractivity contribution in [2.45, 2.75) is 19.3 Å². The Labute approximate surface area is 178 Å². The average molecular weight is 419 g/mol. The second kappa shape index (κ2) is 8.56. The number of amides is 1. The van der Waals surface area contributed by atoms with E-state index in [1.54, 1.807) is 35.5 Å². The number of pyridine rings is 1. The van der Waals surface area contributed by atoms with Crippen LogP contribution in [0.5, 0.6) is 0 Å². The molecule has 0 unspecified atom stereocenters. The minimum absolute atomic E-state index is 0.0247. The van der Waals surface area contributed by atoms with Gasteiger partial charge in [-0.15, -0.1) is 0 Å². The van der Waals surface area contributed by atoms with Gasteiger partial charge in [0.1, 0.15) is 23.7 Å². The fourth-order valence-corrected chi connectivity index (χ4v) is 3.89. The lowest BCUT2D eigenvalue weighted by Gasteiger charge is -2.37. The molecule has 8 heteroatoms. The van der Waals surface area contributed by atoms with E-state index in [1.165, 1.54) is 24.5 Å². The summed E-state index contributed by atoms with van der Waals surface area (Å²) in [6.45, 7) is 0.612. The molecule has 1 aliphatic rings. The first kappa shape index (κ1) is 20.5. The van der Waals surface area contributed by atoms with E-state index in [1.807, 2.05) is 0 Å². The van der Waals surface area contributed by atoms with Crippen LogP contribution in [0.25, 0.3) is 11.4 Å². The van der Waals surface area contributed by atoms with Crippen LogP contribution in [0.4, 0.5) is 8.78 Å². The first-order chi connectivity index (χ1) is 15.0. The largest absolute Gasteiger partial charge is 0.338 e. The van der Waals surface area contributed by atoms with Crippen molar-refractivity contribution in [1.82, 2.24) is 19.9 Å². The first-order valence-corrected chi connectivity index (χ1v) is 9.88. The molecule has 2 aromatic heterocycles. The molecule has 4 rings (SSSR count). The number of rotatable bonds is 4. The van der Waals surface area contributed by atoms with Crippen molar-refractivity contribution in [3.63, 3.8) is 0 Å². The maximum absolute atomic E-state index is 14.1. The van der Waals surface area contributed by atoms with Gasteiger partial charge in [-0.25, -0.2) is 18.7 Å². The maximum atomic E-state index is 14.1. The highest BCUT2D eigenvalue weighted by Gasteiger charge is 2.38. The monoisotopic (exact) mass is 419 g/mol. The summed E-state index contributed by atoms with van der Waals surface area (Å²) >= 11 is 0. The number of carbonyl (C=O) groups excluding carboxylic acids is 1. The molecule has 156 valence electrons. The van der Waals surface area contributed by atoms with Gasteiger partial charge in [0, 0.05) is 31.0 Å². The molecule has 0 radical (unpaired) electrons. The van der Waals surface area contributed by atoms with E-state index in [4.69, 9.17) is 0 Å². The van der Waals surface area contributed by atoms with E-state index < -0.39 is 17.0 Å². The minimum Gasteiger partial charge on any atom is -0.338 e. The number of piperidine rings is 1. The quantitative estimate of drug-likeness (QED) is 0.642. The number of carbonyl (C=O) groups is 1. The lowest BCUT2D eigenvalue weighted by atomic mass is 9.74. The van der Waals surface area contributed by atoms with E-state index in [0.29, 0.717) is 42.9 Å². The summed E-state index contributed by atoms with van der Waals surface area (Å²) in [6, 6.07) is 11.0. The molecule has 0 bridgehead atoms. The summed E-state index contributed by atoms with van der Waals surface area (Å²) in [4.78, 5) is 27.2. The average Bonchev–Trinajstić information content (AvgIpc) is 2.82. The van der Waals surface area contributed by atoms with Crippen molar-refractivity contribution in [3.8, 4) is 17.5 Å². The second-order valence-corrected chi connectivity index (χ2v) is 7.56. The van der Waals surface area contributed by atoms with E-state index in [2.05, 4.69) is 21.0 Å². The highest BCUT2D eigenvalue weighted by molar-refractivity contribution is 5.99. The van der Waals surface area contributed by atoms with Gasteiger partial charge in [0.15, 0.2) is 0 Å². The molecule has 3 heterocycles. The van der Waals surface area contributed by atoms with Gasteiger partial charge in [0.25, 0.3) is 5.91 Å². The van der Waals surface area contributed by atoms with Crippen LogP contribution < -0.4 is 0 Å². The summed E-state index contributed by atoms with van der Waals surface area (Å²) < 4.78 is 28.2. The van der Waals surface area contributed by atoms with E-state index >= 15 is 0 Å². The van der Waals surface area contributed by atoms with Crippen LogP contribution >= 0.6 is 0 Å². The van der Waals surface area contributed by atoms with Gasteiger partial charge in [-0.2, -0.15) is 5.26 Å². The molecule has 1 fully saturated rings. The number of nitrogens with zero attached hydrogens (tertiary/aromatic N) is 5. The van der Waals surface area contributed by atoms with Crippen molar-refractivity contribution < 1.29 is 13.6 Å². The molecular formula is C23H19F2N5O. The number of aromatic nitrogens is 3. The van der Waals surface area contributed by atoms with E-state index in [0.717, 1.165) is 0 Å². The van der Waals surface area contributed by atoms with Crippen molar-refractivity contribution in [3.05, 3.63) is 77.9 Å². The maximum Gasteiger partial charge on any atom is 0.256 e. The minimum atomic E-state index is -0.926. The van der Waals surface area contributed by atoms with Gasteiger partial charge in [-0.05, 0) is 49.6 Å². The van der Waals surface area contributed by atoms with Crippen molar-refractivity contribution in [1.29, 1.82) is 5.26 Å². The van der Waals surface area contributed by atoms with Gasteiger partial charge in [-0.3, -0.25) is 9.78 Å². The van der Waals surface area contributed by atoms with Crippen LogP contribution in [0.2, 0.25) is 0 Å². The summed E-state index contributed by atoms with van der Waals surface area (Å²) in [5, 5.41) is 9.80. The number of hydrogen-bond donors (Lipinski definition) is 0. The Kier molecular flexibility index (Phi) is 5.67. The highest BCUT2D eigenvalue weighted by atomic mass is 19.1. The Morgan fingerprint density at radius 3 is 2.45 bits per heavy atom. The smallest absolute Gasteiger partial charge is 0.256 e. The van der Waals surface area contributed by atoms with Crippen LogP contribution in [0, 0.1) is 28.4 Å². The molecule has 0 aliphatic carbocycles. The van der Waals surface area contributed by atoms with Gasteiger partial charge in [0.2, 0.25) is 0 Å². The van der Waals surface area contributed by atoms with Gasteiger partial charge in [0.05, 0.1) is 22.7 Å². The van der Waals surface area contributed by atoms with Gasteiger partial charge < -0.3 is 4.90 Å². The molecular weight excluding hydrogens is 400 g/mol. The SMILES string of the molecule is N#CC1(Cc2c(F)cccc2F)CCN(C(=O)c2cccnc2-c2ccncn2)CC1. The zero-order valence-electron chi connectivity index (χ0n) is 16.6. The number of nitriles is 1. The Morgan fingerprint density at radius 2 is 1.81 bits per heavy atom.